The molecule has 1 rings (SSSR count). The van der Waals surface area contributed by atoms with Crippen LogP contribution in [0.1, 0.15) is 58.8 Å². The zero-order valence-electron chi connectivity index (χ0n) is 9.76. The molecule has 1 unspecified atom stereocenters. The number of rotatable bonds is 7. The maximum Gasteiger partial charge on any atom is 0.00991 e. The lowest BCUT2D eigenvalue weighted by Gasteiger charge is -2.36. The summed E-state index contributed by atoms with van der Waals surface area (Å²) in [5.41, 5.74) is 5.78. The molecule has 14 heavy (non-hydrogen) atoms. The van der Waals surface area contributed by atoms with Crippen LogP contribution in [0.3, 0.4) is 0 Å². The second kappa shape index (κ2) is 6.41. The second-order valence-corrected chi connectivity index (χ2v) is 4.72. The SMILES string of the molecule is CCCCC(CCC)NC1CC(N)C1. The van der Waals surface area contributed by atoms with E-state index < -0.39 is 0 Å². The normalized spacial score (nSPS) is 28.5. The molecular formula is C12H26N2. The van der Waals surface area contributed by atoms with Gasteiger partial charge in [-0.15, -0.1) is 0 Å². The smallest absolute Gasteiger partial charge is 0.00991 e. The van der Waals surface area contributed by atoms with E-state index in [2.05, 4.69) is 19.2 Å². The Balaban J connectivity index is 2.14. The van der Waals surface area contributed by atoms with E-state index in [0.29, 0.717) is 6.04 Å². The largest absolute Gasteiger partial charge is 0.328 e. The Hall–Kier alpha value is -0.0800. The lowest BCUT2D eigenvalue weighted by molar-refractivity contribution is 0.252. The molecule has 0 saturated heterocycles. The third-order valence-electron chi connectivity index (χ3n) is 3.19. The molecule has 0 aromatic carbocycles. The van der Waals surface area contributed by atoms with Crippen molar-refractivity contribution in [3.8, 4) is 0 Å². The van der Waals surface area contributed by atoms with Crippen molar-refractivity contribution in [2.75, 3.05) is 0 Å². The van der Waals surface area contributed by atoms with Crippen molar-refractivity contribution >= 4 is 0 Å². The van der Waals surface area contributed by atoms with Gasteiger partial charge in [0.25, 0.3) is 0 Å². The third-order valence-corrected chi connectivity index (χ3v) is 3.19. The van der Waals surface area contributed by atoms with Crippen LogP contribution in [-0.2, 0) is 0 Å². The fraction of sp³-hybridized carbons (Fsp3) is 1.00. The molecule has 84 valence electrons. The summed E-state index contributed by atoms with van der Waals surface area (Å²) in [7, 11) is 0. The molecule has 0 amide bonds. The Morgan fingerprint density at radius 1 is 1.21 bits per heavy atom. The Morgan fingerprint density at radius 2 is 1.93 bits per heavy atom. The van der Waals surface area contributed by atoms with Gasteiger partial charge in [0.05, 0.1) is 0 Å². The van der Waals surface area contributed by atoms with E-state index in [-0.39, 0.29) is 0 Å². The zero-order chi connectivity index (χ0) is 10.4. The van der Waals surface area contributed by atoms with Crippen LogP contribution in [0.15, 0.2) is 0 Å². The fourth-order valence-corrected chi connectivity index (χ4v) is 2.24. The van der Waals surface area contributed by atoms with Gasteiger partial charge in [0.1, 0.15) is 0 Å². The molecule has 1 atom stereocenters. The fourth-order valence-electron chi connectivity index (χ4n) is 2.24. The van der Waals surface area contributed by atoms with Crippen LogP contribution in [0, 0.1) is 0 Å². The monoisotopic (exact) mass is 198 g/mol. The molecule has 3 N–H and O–H groups in total. The molecular weight excluding hydrogens is 172 g/mol. The van der Waals surface area contributed by atoms with E-state index in [1.165, 1.54) is 44.9 Å². The Bertz CT molecular complexity index is 141. The summed E-state index contributed by atoms with van der Waals surface area (Å²) in [5.74, 6) is 0. The summed E-state index contributed by atoms with van der Waals surface area (Å²) >= 11 is 0. The van der Waals surface area contributed by atoms with Gasteiger partial charge in [-0.25, -0.2) is 0 Å². The predicted octanol–water partition coefficient (Wildman–Crippen LogP) is 2.42. The average Bonchev–Trinajstić information content (AvgIpc) is 2.12. The standard InChI is InChI=1S/C12H26N2/c1-3-5-7-11(6-4-2)14-12-8-10(13)9-12/h10-12,14H,3-9,13H2,1-2H3. The molecule has 1 aliphatic carbocycles. The highest BCUT2D eigenvalue weighted by Gasteiger charge is 2.27. The maximum absolute atomic E-state index is 5.78. The highest BCUT2D eigenvalue weighted by molar-refractivity contribution is 4.89. The van der Waals surface area contributed by atoms with Crippen molar-refractivity contribution in [1.29, 1.82) is 0 Å². The first-order valence-electron chi connectivity index (χ1n) is 6.27. The Kier molecular flexibility index (Phi) is 5.49. The van der Waals surface area contributed by atoms with Crippen LogP contribution in [0.2, 0.25) is 0 Å². The molecule has 2 nitrogen and oxygen atoms in total. The number of hydrogen-bond donors (Lipinski definition) is 2. The van der Waals surface area contributed by atoms with Crippen molar-refractivity contribution in [3.05, 3.63) is 0 Å². The summed E-state index contributed by atoms with van der Waals surface area (Å²) in [6, 6.07) is 1.94. The van der Waals surface area contributed by atoms with Gasteiger partial charge in [0.2, 0.25) is 0 Å². The minimum Gasteiger partial charge on any atom is -0.328 e. The van der Waals surface area contributed by atoms with E-state index in [1.54, 1.807) is 0 Å². The number of nitrogens with two attached hydrogens (primary N) is 1. The Labute approximate surface area is 88.6 Å². The quantitative estimate of drug-likeness (QED) is 0.659. The lowest BCUT2D eigenvalue weighted by atomic mass is 9.86. The van der Waals surface area contributed by atoms with E-state index in [1.807, 2.05) is 0 Å². The molecule has 0 bridgehead atoms. The van der Waals surface area contributed by atoms with Crippen LogP contribution in [0.4, 0.5) is 0 Å². The first-order chi connectivity index (χ1) is 6.76. The van der Waals surface area contributed by atoms with Gasteiger partial charge < -0.3 is 11.1 Å². The molecule has 0 aliphatic heterocycles. The molecule has 1 aliphatic rings. The minimum atomic E-state index is 0.473. The van der Waals surface area contributed by atoms with Crippen LogP contribution in [-0.4, -0.2) is 18.1 Å². The summed E-state index contributed by atoms with van der Waals surface area (Å²) in [4.78, 5) is 0. The van der Waals surface area contributed by atoms with Gasteiger partial charge in [0.15, 0.2) is 0 Å². The van der Waals surface area contributed by atoms with Gasteiger partial charge in [0, 0.05) is 18.1 Å². The van der Waals surface area contributed by atoms with Crippen LogP contribution < -0.4 is 11.1 Å². The van der Waals surface area contributed by atoms with E-state index in [0.717, 1.165) is 12.1 Å². The van der Waals surface area contributed by atoms with Crippen molar-refractivity contribution in [3.63, 3.8) is 0 Å². The number of hydrogen-bond acceptors (Lipinski definition) is 2. The summed E-state index contributed by atoms with van der Waals surface area (Å²) in [6.07, 6.45) is 9.00. The third kappa shape index (κ3) is 3.97. The van der Waals surface area contributed by atoms with Crippen molar-refractivity contribution in [1.82, 2.24) is 5.32 Å². The van der Waals surface area contributed by atoms with Crippen molar-refractivity contribution in [2.24, 2.45) is 5.73 Å². The van der Waals surface area contributed by atoms with Crippen molar-refractivity contribution in [2.45, 2.75) is 76.9 Å². The first-order valence-corrected chi connectivity index (χ1v) is 6.27. The molecule has 0 aromatic heterocycles. The first kappa shape index (κ1) is 12.0. The zero-order valence-corrected chi connectivity index (χ0v) is 9.76. The van der Waals surface area contributed by atoms with Gasteiger partial charge in [-0.05, 0) is 25.7 Å². The second-order valence-electron chi connectivity index (χ2n) is 4.72. The summed E-state index contributed by atoms with van der Waals surface area (Å²) in [5, 5.41) is 3.74. The summed E-state index contributed by atoms with van der Waals surface area (Å²) in [6.45, 7) is 4.54. The van der Waals surface area contributed by atoms with E-state index >= 15 is 0 Å². The lowest BCUT2D eigenvalue weighted by Crippen LogP contribution is -2.51. The highest BCUT2D eigenvalue weighted by Crippen LogP contribution is 2.20. The number of unbranched alkanes of at least 4 members (excludes halogenated alkanes) is 1. The van der Waals surface area contributed by atoms with E-state index in [9.17, 15) is 0 Å². The van der Waals surface area contributed by atoms with Gasteiger partial charge in [-0.1, -0.05) is 33.1 Å². The summed E-state index contributed by atoms with van der Waals surface area (Å²) < 4.78 is 0. The van der Waals surface area contributed by atoms with Crippen LogP contribution in [0.25, 0.3) is 0 Å². The van der Waals surface area contributed by atoms with Crippen molar-refractivity contribution < 1.29 is 0 Å². The minimum absolute atomic E-state index is 0.473. The van der Waals surface area contributed by atoms with Gasteiger partial charge >= 0.3 is 0 Å². The highest BCUT2D eigenvalue weighted by atomic mass is 15.0. The molecule has 0 radical (unpaired) electrons. The topological polar surface area (TPSA) is 38.0 Å². The molecule has 1 saturated carbocycles. The molecule has 0 heterocycles. The molecule has 2 heteroatoms. The average molecular weight is 198 g/mol. The maximum atomic E-state index is 5.78. The van der Waals surface area contributed by atoms with Gasteiger partial charge in [-0.2, -0.15) is 0 Å². The predicted molar refractivity (Wildman–Crippen MR) is 62.4 cm³/mol. The number of nitrogens with one attached hydrogen (secondary N) is 1. The van der Waals surface area contributed by atoms with Crippen LogP contribution in [0.5, 0.6) is 0 Å². The van der Waals surface area contributed by atoms with Crippen LogP contribution >= 0.6 is 0 Å². The molecule has 0 spiro atoms. The molecule has 0 aromatic rings. The van der Waals surface area contributed by atoms with Gasteiger partial charge in [-0.3, -0.25) is 0 Å². The molecule has 1 fully saturated rings. The van der Waals surface area contributed by atoms with E-state index in [4.69, 9.17) is 5.73 Å². The Morgan fingerprint density at radius 3 is 2.43 bits per heavy atom.